The van der Waals surface area contributed by atoms with E-state index in [1.807, 2.05) is 30.3 Å². The van der Waals surface area contributed by atoms with Gasteiger partial charge in [0.15, 0.2) is 0 Å². The summed E-state index contributed by atoms with van der Waals surface area (Å²) in [5.74, 6) is 1.15. The van der Waals surface area contributed by atoms with E-state index in [-0.39, 0.29) is 5.95 Å². The van der Waals surface area contributed by atoms with Crippen LogP contribution in [0.15, 0.2) is 52.7 Å². The van der Waals surface area contributed by atoms with Crippen LogP contribution in [0.2, 0.25) is 5.02 Å². The second kappa shape index (κ2) is 8.01. The topological polar surface area (TPSA) is 95.0 Å². The summed E-state index contributed by atoms with van der Waals surface area (Å²) < 4.78 is 10.5. The summed E-state index contributed by atoms with van der Waals surface area (Å²) >= 11 is 6.20. The summed E-state index contributed by atoms with van der Waals surface area (Å²) in [7, 11) is 3.07. The van der Waals surface area contributed by atoms with Crippen molar-refractivity contribution in [2.45, 2.75) is 6.92 Å². The molecular formula is C19H18ClN5O2. The lowest BCUT2D eigenvalue weighted by molar-refractivity contribution is 0.395. The van der Waals surface area contributed by atoms with Crippen LogP contribution >= 0.6 is 11.6 Å². The number of rotatable bonds is 5. The van der Waals surface area contributed by atoms with Crippen LogP contribution in [0.3, 0.4) is 0 Å². The molecule has 0 radical (unpaired) electrons. The molecular weight excluding hydrogens is 366 g/mol. The Balaban J connectivity index is 2.10. The van der Waals surface area contributed by atoms with E-state index in [1.165, 1.54) is 14.2 Å². The van der Waals surface area contributed by atoms with E-state index in [4.69, 9.17) is 26.8 Å². The molecule has 3 rings (SSSR count). The largest absolute Gasteiger partial charge is 0.495 e. The summed E-state index contributed by atoms with van der Waals surface area (Å²) in [6.07, 6.45) is 0. The fourth-order valence-electron chi connectivity index (χ4n) is 2.53. The van der Waals surface area contributed by atoms with Gasteiger partial charge >= 0.3 is 0 Å². The van der Waals surface area contributed by atoms with Crippen molar-refractivity contribution < 1.29 is 9.47 Å². The number of halogens is 1. The summed E-state index contributed by atoms with van der Waals surface area (Å²) in [6, 6.07) is 12.9. The third-order valence-corrected chi connectivity index (χ3v) is 4.13. The van der Waals surface area contributed by atoms with Gasteiger partial charge in [-0.2, -0.15) is 0 Å². The van der Waals surface area contributed by atoms with Gasteiger partial charge in [-0.15, -0.1) is 10.2 Å². The second-order valence-electron chi connectivity index (χ2n) is 5.59. The molecule has 138 valence electrons. The lowest BCUT2D eigenvalue weighted by atomic mass is 10.1. The molecule has 0 aliphatic carbocycles. The van der Waals surface area contributed by atoms with Gasteiger partial charge in [0.1, 0.15) is 28.6 Å². The summed E-state index contributed by atoms with van der Waals surface area (Å²) in [5.41, 5.74) is 8.88. The zero-order chi connectivity index (χ0) is 19.4. The maximum atomic E-state index is 6.20. The van der Waals surface area contributed by atoms with Crippen molar-refractivity contribution in [1.29, 1.82) is 0 Å². The molecule has 3 aromatic rings. The molecule has 2 N–H and O–H groups in total. The van der Waals surface area contributed by atoms with Crippen LogP contribution in [0.25, 0.3) is 11.3 Å². The molecule has 0 aliphatic rings. The van der Waals surface area contributed by atoms with Gasteiger partial charge in [-0.1, -0.05) is 41.9 Å². The minimum absolute atomic E-state index is 0.176. The monoisotopic (exact) mass is 383 g/mol. The molecule has 0 fully saturated rings. The van der Waals surface area contributed by atoms with Crippen molar-refractivity contribution in [3.8, 4) is 22.8 Å². The number of azo groups is 1. The van der Waals surface area contributed by atoms with E-state index in [1.54, 1.807) is 19.1 Å². The smallest absolute Gasteiger partial charge is 0.220 e. The van der Waals surface area contributed by atoms with Crippen molar-refractivity contribution in [2.75, 3.05) is 20.0 Å². The number of anilines is 1. The van der Waals surface area contributed by atoms with Crippen LogP contribution < -0.4 is 15.2 Å². The molecule has 0 spiro atoms. The third-order valence-electron chi connectivity index (χ3n) is 3.83. The first-order valence-electron chi connectivity index (χ1n) is 8.06. The molecule has 0 saturated heterocycles. The highest BCUT2D eigenvalue weighted by molar-refractivity contribution is 6.32. The predicted octanol–water partition coefficient (Wildman–Crippen LogP) is 5.12. The average molecular weight is 384 g/mol. The molecule has 7 nitrogen and oxygen atoms in total. The summed E-state index contributed by atoms with van der Waals surface area (Å²) in [5, 5.41) is 9.07. The Bertz CT molecular complexity index is 993. The Labute approximate surface area is 161 Å². The van der Waals surface area contributed by atoms with Gasteiger partial charge in [0, 0.05) is 11.6 Å². The van der Waals surface area contributed by atoms with Gasteiger partial charge < -0.3 is 15.2 Å². The van der Waals surface area contributed by atoms with Crippen LogP contribution in [0.4, 0.5) is 17.3 Å². The number of nitrogens with two attached hydrogens (primary N) is 1. The first-order valence-corrected chi connectivity index (χ1v) is 8.44. The van der Waals surface area contributed by atoms with Gasteiger partial charge in [-0.05, 0) is 13.0 Å². The molecule has 0 aliphatic heterocycles. The average Bonchev–Trinajstić information content (AvgIpc) is 2.67. The number of hydrogen-bond acceptors (Lipinski definition) is 7. The molecule has 27 heavy (non-hydrogen) atoms. The number of ether oxygens (including phenoxy) is 2. The number of hydrogen-bond donors (Lipinski definition) is 1. The number of benzene rings is 2. The highest BCUT2D eigenvalue weighted by Gasteiger charge is 2.14. The van der Waals surface area contributed by atoms with Crippen molar-refractivity contribution in [2.24, 2.45) is 10.2 Å². The Morgan fingerprint density at radius 1 is 0.963 bits per heavy atom. The number of nitrogens with zero attached hydrogens (tertiary/aromatic N) is 4. The van der Waals surface area contributed by atoms with Crippen LogP contribution in [-0.4, -0.2) is 24.2 Å². The van der Waals surface area contributed by atoms with Gasteiger partial charge in [0.05, 0.1) is 24.9 Å². The zero-order valence-electron chi connectivity index (χ0n) is 15.1. The number of nitrogen functional groups attached to an aromatic ring is 1. The fourth-order valence-corrected chi connectivity index (χ4v) is 2.77. The Kier molecular flexibility index (Phi) is 5.52. The predicted molar refractivity (Wildman–Crippen MR) is 105 cm³/mol. The maximum Gasteiger partial charge on any atom is 0.220 e. The van der Waals surface area contributed by atoms with Crippen LogP contribution in [0.5, 0.6) is 11.5 Å². The molecule has 0 amide bonds. The molecule has 1 aromatic heterocycles. The molecule has 0 unspecified atom stereocenters. The number of methoxy groups -OCH3 is 2. The minimum Gasteiger partial charge on any atom is -0.495 e. The Morgan fingerprint density at radius 3 is 2.33 bits per heavy atom. The van der Waals surface area contributed by atoms with Crippen molar-refractivity contribution in [3.05, 3.63) is 53.2 Å². The van der Waals surface area contributed by atoms with E-state index in [2.05, 4.69) is 20.2 Å². The number of aromatic nitrogens is 2. The standard InChI is InChI=1S/C19H18ClN5O2/c1-11-17(18(23-19(21)22-11)12-7-5-4-6-8-12)25-24-14-9-13(20)15(26-2)10-16(14)27-3/h4-10H,1-3H3,(H2,21,22,23). The lowest BCUT2D eigenvalue weighted by Crippen LogP contribution is -1.99. The first kappa shape index (κ1) is 18.6. The van der Waals surface area contributed by atoms with Gasteiger partial charge in [0.25, 0.3) is 0 Å². The molecule has 0 saturated carbocycles. The highest BCUT2D eigenvalue weighted by atomic mass is 35.5. The maximum absolute atomic E-state index is 6.20. The molecule has 0 atom stereocenters. The van der Waals surface area contributed by atoms with Gasteiger partial charge in [-0.25, -0.2) is 9.97 Å². The lowest BCUT2D eigenvalue weighted by Gasteiger charge is -2.10. The van der Waals surface area contributed by atoms with Crippen molar-refractivity contribution >= 4 is 28.9 Å². The van der Waals surface area contributed by atoms with Crippen LogP contribution in [0, 0.1) is 6.92 Å². The minimum atomic E-state index is 0.176. The number of aryl methyl sites for hydroxylation is 1. The normalized spacial score (nSPS) is 11.0. The molecule has 0 bridgehead atoms. The van der Waals surface area contributed by atoms with E-state index in [0.29, 0.717) is 39.3 Å². The highest BCUT2D eigenvalue weighted by Crippen LogP contribution is 2.39. The molecule has 1 heterocycles. The SMILES string of the molecule is COc1cc(OC)c(N=Nc2c(C)nc(N)nc2-c2ccccc2)cc1Cl. The van der Waals surface area contributed by atoms with E-state index in [0.717, 1.165) is 5.56 Å². The molecule has 8 heteroatoms. The van der Waals surface area contributed by atoms with Crippen molar-refractivity contribution in [1.82, 2.24) is 9.97 Å². The van der Waals surface area contributed by atoms with E-state index < -0.39 is 0 Å². The molecule has 2 aromatic carbocycles. The quantitative estimate of drug-likeness (QED) is 0.617. The van der Waals surface area contributed by atoms with Gasteiger partial charge in [-0.3, -0.25) is 0 Å². The Morgan fingerprint density at radius 2 is 1.67 bits per heavy atom. The fraction of sp³-hybridized carbons (Fsp3) is 0.158. The van der Waals surface area contributed by atoms with Crippen LogP contribution in [-0.2, 0) is 0 Å². The van der Waals surface area contributed by atoms with Crippen LogP contribution in [0.1, 0.15) is 5.69 Å². The van der Waals surface area contributed by atoms with E-state index in [9.17, 15) is 0 Å². The van der Waals surface area contributed by atoms with E-state index >= 15 is 0 Å². The summed E-state index contributed by atoms with van der Waals surface area (Å²) in [4.78, 5) is 8.53. The summed E-state index contributed by atoms with van der Waals surface area (Å²) in [6.45, 7) is 1.80. The second-order valence-corrected chi connectivity index (χ2v) is 6.00. The first-order chi connectivity index (χ1) is 13.0. The Hall–Kier alpha value is -3.19. The zero-order valence-corrected chi connectivity index (χ0v) is 15.9. The van der Waals surface area contributed by atoms with Gasteiger partial charge in [0.2, 0.25) is 5.95 Å². The van der Waals surface area contributed by atoms with Crippen molar-refractivity contribution in [3.63, 3.8) is 0 Å². The third kappa shape index (κ3) is 3.98.